The Hall–Kier alpha value is -1.78. The maximum atomic E-state index is 12.1. The van der Waals surface area contributed by atoms with Crippen molar-refractivity contribution < 1.29 is 9.21 Å². The number of rotatable bonds is 3. The van der Waals surface area contributed by atoms with Crippen molar-refractivity contribution in [1.82, 2.24) is 10.6 Å². The molecule has 1 aromatic heterocycles. The molecule has 5 heteroatoms. The SMILES string of the molecule is Cl.O=C(NCC1=CCNCC1)c1coc2ccccc12. The molecule has 3 rings (SSSR count). The number of benzene rings is 1. The van der Waals surface area contributed by atoms with Gasteiger partial charge in [0, 0.05) is 18.5 Å². The van der Waals surface area contributed by atoms with Crippen LogP contribution in [0.4, 0.5) is 0 Å². The molecule has 0 radical (unpaired) electrons. The van der Waals surface area contributed by atoms with Crippen LogP contribution in [0.1, 0.15) is 16.8 Å². The summed E-state index contributed by atoms with van der Waals surface area (Å²) in [6, 6.07) is 7.57. The van der Waals surface area contributed by atoms with Gasteiger partial charge in [-0.1, -0.05) is 29.8 Å². The van der Waals surface area contributed by atoms with Gasteiger partial charge >= 0.3 is 0 Å². The zero-order valence-electron chi connectivity index (χ0n) is 11.0. The number of para-hydroxylation sites is 1. The van der Waals surface area contributed by atoms with Crippen LogP contribution < -0.4 is 10.6 Å². The fourth-order valence-electron chi connectivity index (χ4n) is 2.27. The number of hydrogen-bond acceptors (Lipinski definition) is 3. The molecule has 1 aliphatic rings. The Kier molecular flexibility index (Phi) is 4.82. The maximum Gasteiger partial charge on any atom is 0.255 e. The highest BCUT2D eigenvalue weighted by Gasteiger charge is 2.13. The van der Waals surface area contributed by atoms with Crippen molar-refractivity contribution in [1.29, 1.82) is 0 Å². The van der Waals surface area contributed by atoms with Crippen LogP contribution in [-0.2, 0) is 0 Å². The van der Waals surface area contributed by atoms with E-state index >= 15 is 0 Å². The van der Waals surface area contributed by atoms with Crippen molar-refractivity contribution in [3.8, 4) is 0 Å². The second-order valence-electron chi connectivity index (χ2n) is 4.64. The van der Waals surface area contributed by atoms with Gasteiger partial charge in [0.2, 0.25) is 0 Å². The van der Waals surface area contributed by atoms with Gasteiger partial charge in [-0.25, -0.2) is 0 Å². The molecule has 0 saturated carbocycles. The van der Waals surface area contributed by atoms with E-state index in [2.05, 4.69) is 16.7 Å². The second kappa shape index (κ2) is 6.59. The van der Waals surface area contributed by atoms with Crippen LogP contribution in [0, 0.1) is 0 Å². The number of amides is 1. The van der Waals surface area contributed by atoms with Gasteiger partial charge in [0.1, 0.15) is 11.8 Å². The highest BCUT2D eigenvalue weighted by Crippen LogP contribution is 2.20. The van der Waals surface area contributed by atoms with E-state index in [-0.39, 0.29) is 18.3 Å². The van der Waals surface area contributed by atoms with Crippen LogP contribution in [-0.4, -0.2) is 25.5 Å². The molecule has 0 fully saturated rings. The molecule has 0 unspecified atom stereocenters. The summed E-state index contributed by atoms with van der Waals surface area (Å²) in [6.07, 6.45) is 4.65. The van der Waals surface area contributed by atoms with E-state index in [9.17, 15) is 4.79 Å². The van der Waals surface area contributed by atoms with Crippen LogP contribution >= 0.6 is 12.4 Å². The van der Waals surface area contributed by atoms with Crippen molar-refractivity contribution in [2.24, 2.45) is 0 Å². The standard InChI is InChI=1S/C15H16N2O2.ClH/c18-15(17-9-11-5-7-16-8-6-11)13-10-19-14-4-2-1-3-12(13)14;/h1-5,10,16H,6-9H2,(H,17,18);1H. The molecule has 1 aliphatic heterocycles. The first kappa shape index (κ1) is 14.6. The van der Waals surface area contributed by atoms with E-state index in [4.69, 9.17) is 4.42 Å². The summed E-state index contributed by atoms with van der Waals surface area (Å²) in [5, 5.41) is 7.06. The lowest BCUT2D eigenvalue weighted by Crippen LogP contribution is -2.29. The van der Waals surface area contributed by atoms with Crippen molar-refractivity contribution in [3.05, 3.63) is 47.7 Å². The Bertz CT molecular complexity index is 634. The summed E-state index contributed by atoms with van der Waals surface area (Å²) in [7, 11) is 0. The minimum atomic E-state index is -0.0793. The molecule has 106 valence electrons. The summed E-state index contributed by atoms with van der Waals surface area (Å²) in [4.78, 5) is 12.1. The Balaban J connectivity index is 0.00000147. The van der Waals surface area contributed by atoms with Crippen LogP contribution in [0.15, 0.2) is 46.6 Å². The molecule has 0 atom stereocenters. The quantitative estimate of drug-likeness (QED) is 0.855. The van der Waals surface area contributed by atoms with Crippen LogP contribution in [0.3, 0.4) is 0 Å². The maximum absolute atomic E-state index is 12.1. The highest BCUT2D eigenvalue weighted by atomic mass is 35.5. The average Bonchev–Trinajstić information content (AvgIpc) is 2.90. The van der Waals surface area contributed by atoms with Gasteiger partial charge in [-0.3, -0.25) is 4.79 Å². The number of carbonyl (C=O) groups is 1. The molecule has 0 spiro atoms. The Morgan fingerprint density at radius 3 is 3.00 bits per heavy atom. The van der Waals surface area contributed by atoms with Gasteiger partial charge in [0.25, 0.3) is 5.91 Å². The fraction of sp³-hybridized carbons (Fsp3) is 0.267. The number of hydrogen-bond donors (Lipinski definition) is 2. The average molecular weight is 293 g/mol. The topological polar surface area (TPSA) is 54.3 Å². The largest absolute Gasteiger partial charge is 0.463 e. The van der Waals surface area contributed by atoms with Crippen molar-refractivity contribution in [2.75, 3.05) is 19.6 Å². The van der Waals surface area contributed by atoms with E-state index in [1.165, 1.54) is 11.8 Å². The zero-order valence-corrected chi connectivity index (χ0v) is 11.8. The third kappa shape index (κ3) is 3.03. The molecule has 0 saturated heterocycles. The molecule has 2 aromatic rings. The lowest BCUT2D eigenvalue weighted by atomic mass is 10.1. The minimum absolute atomic E-state index is 0. The predicted molar refractivity (Wildman–Crippen MR) is 81.4 cm³/mol. The molecule has 0 aliphatic carbocycles. The summed E-state index contributed by atoms with van der Waals surface area (Å²) in [5.41, 5.74) is 2.62. The molecular weight excluding hydrogens is 276 g/mol. The number of fused-ring (bicyclic) bond motifs is 1. The van der Waals surface area contributed by atoms with E-state index in [1.807, 2.05) is 24.3 Å². The van der Waals surface area contributed by atoms with Crippen LogP contribution in [0.5, 0.6) is 0 Å². The normalized spacial score (nSPS) is 14.5. The number of carbonyl (C=O) groups excluding carboxylic acids is 1. The molecule has 0 bridgehead atoms. The first-order valence-corrected chi connectivity index (χ1v) is 6.47. The van der Waals surface area contributed by atoms with E-state index < -0.39 is 0 Å². The molecule has 2 N–H and O–H groups in total. The van der Waals surface area contributed by atoms with Gasteiger partial charge in [-0.2, -0.15) is 0 Å². The molecule has 4 nitrogen and oxygen atoms in total. The smallest absolute Gasteiger partial charge is 0.255 e. The molecule has 1 aromatic carbocycles. The third-order valence-corrected chi connectivity index (χ3v) is 3.36. The summed E-state index contributed by atoms with van der Waals surface area (Å²) >= 11 is 0. The van der Waals surface area contributed by atoms with E-state index in [0.29, 0.717) is 12.1 Å². The van der Waals surface area contributed by atoms with Crippen molar-refractivity contribution in [2.45, 2.75) is 6.42 Å². The Morgan fingerprint density at radius 1 is 1.35 bits per heavy atom. The molecule has 1 amide bonds. The summed E-state index contributed by atoms with van der Waals surface area (Å²) in [5.74, 6) is -0.0793. The molecular formula is C15H17ClN2O2. The van der Waals surface area contributed by atoms with E-state index in [0.717, 1.165) is 30.5 Å². The first-order chi connectivity index (χ1) is 9.34. The van der Waals surface area contributed by atoms with Gasteiger partial charge in [-0.05, 0) is 19.0 Å². The lowest BCUT2D eigenvalue weighted by molar-refractivity contribution is 0.0957. The fourth-order valence-corrected chi connectivity index (χ4v) is 2.27. The highest BCUT2D eigenvalue weighted by molar-refractivity contribution is 6.05. The zero-order chi connectivity index (χ0) is 13.1. The monoisotopic (exact) mass is 292 g/mol. The van der Waals surface area contributed by atoms with Crippen LogP contribution in [0.25, 0.3) is 11.0 Å². The predicted octanol–water partition coefficient (Wildman–Crippen LogP) is 2.50. The van der Waals surface area contributed by atoms with E-state index in [1.54, 1.807) is 0 Å². The van der Waals surface area contributed by atoms with Gasteiger partial charge in [-0.15, -0.1) is 12.4 Å². The number of halogens is 1. The molecule has 2 heterocycles. The lowest BCUT2D eigenvalue weighted by Gasteiger charge is -2.14. The van der Waals surface area contributed by atoms with Gasteiger partial charge in [0.05, 0.1) is 5.56 Å². The number of nitrogens with one attached hydrogen (secondary N) is 2. The summed E-state index contributed by atoms with van der Waals surface area (Å²) < 4.78 is 5.38. The minimum Gasteiger partial charge on any atom is -0.463 e. The Labute approximate surface area is 123 Å². The number of furan rings is 1. The second-order valence-corrected chi connectivity index (χ2v) is 4.64. The van der Waals surface area contributed by atoms with Crippen molar-refractivity contribution >= 4 is 29.3 Å². The van der Waals surface area contributed by atoms with Crippen molar-refractivity contribution in [3.63, 3.8) is 0 Å². The Morgan fingerprint density at radius 2 is 2.20 bits per heavy atom. The third-order valence-electron chi connectivity index (χ3n) is 3.36. The van der Waals surface area contributed by atoms with Gasteiger partial charge in [0.15, 0.2) is 0 Å². The van der Waals surface area contributed by atoms with Crippen LogP contribution in [0.2, 0.25) is 0 Å². The van der Waals surface area contributed by atoms with Gasteiger partial charge < -0.3 is 15.1 Å². The first-order valence-electron chi connectivity index (χ1n) is 6.47. The summed E-state index contributed by atoms with van der Waals surface area (Å²) in [6.45, 7) is 2.48. The molecule has 20 heavy (non-hydrogen) atoms.